The van der Waals surface area contributed by atoms with Crippen LogP contribution in [0.2, 0.25) is 0 Å². The molecule has 26 heavy (non-hydrogen) atoms. The molecule has 0 aliphatic carbocycles. The van der Waals surface area contributed by atoms with Crippen LogP contribution in [0, 0.1) is 18.3 Å². The number of thiazole rings is 1. The number of ether oxygens (including phenoxy) is 2. The van der Waals surface area contributed by atoms with Crippen molar-refractivity contribution in [3.05, 3.63) is 51.5 Å². The van der Waals surface area contributed by atoms with Crippen molar-refractivity contribution in [1.82, 2.24) is 4.98 Å². The average molecular weight is 372 g/mol. The van der Waals surface area contributed by atoms with Crippen LogP contribution in [-0.2, 0) is 20.9 Å². The zero-order chi connectivity index (χ0) is 19.1. The van der Waals surface area contributed by atoms with Crippen LogP contribution in [0.25, 0.3) is 0 Å². The summed E-state index contributed by atoms with van der Waals surface area (Å²) in [6.07, 6.45) is 0.125. The van der Waals surface area contributed by atoms with Crippen LogP contribution in [0.15, 0.2) is 29.6 Å². The van der Waals surface area contributed by atoms with E-state index in [9.17, 15) is 14.9 Å². The highest BCUT2D eigenvalue weighted by Gasteiger charge is 2.24. The maximum atomic E-state index is 12.2. The van der Waals surface area contributed by atoms with Gasteiger partial charge in [0.1, 0.15) is 5.01 Å². The molecule has 0 aliphatic rings. The summed E-state index contributed by atoms with van der Waals surface area (Å²) in [7, 11) is 0. The first-order valence-corrected chi connectivity index (χ1v) is 9.00. The van der Waals surface area contributed by atoms with Crippen LogP contribution in [0.5, 0.6) is 0 Å². The fraction of sp³-hybridized carbons (Fsp3) is 0.368. The number of rotatable bonds is 8. The molecule has 0 bridgehead atoms. The summed E-state index contributed by atoms with van der Waals surface area (Å²) in [5.41, 5.74) is 2.02. The molecule has 0 amide bonds. The molecular formula is C19H20N2O4S. The Hall–Kier alpha value is -2.56. The van der Waals surface area contributed by atoms with E-state index < -0.39 is 24.3 Å². The number of ketones is 1. The molecule has 0 saturated heterocycles. The quantitative estimate of drug-likeness (QED) is 0.660. The Labute approximate surface area is 156 Å². The Morgan fingerprint density at radius 3 is 2.50 bits per heavy atom. The van der Waals surface area contributed by atoms with Crippen LogP contribution in [0.1, 0.15) is 46.4 Å². The third-order valence-corrected chi connectivity index (χ3v) is 4.48. The highest BCUT2D eigenvalue weighted by atomic mass is 32.1. The van der Waals surface area contributed by atoms with Gasteiger partial charge in [0.15, 0.2) is 18.3 Å². The van der Waals surface area contributed by atoms with Crippen molar-refractivity contribution in [3.8, 4) is 6.07 Å². The summed E-state index contributed by atoms with van der Waals surface area (Å²) >= 11 is 1.24. The van der Waals surface area contributed by atoms with E-state index in [2.05, 4.69) is 4.98 Å². The normalized spacial score (nSPS) is 11.8. The molecule has 0 aliphatic heterocycles. The summed E-state index contributed by atoms with van der Waals surface area (Å²) in [6.45, 7) is 5.68. The van der Waals surface area contributed by atoms with E-state index in [1.54, 1.807) is 36.6 Å². The average Bonchev–Trinajstić information content (AvgIpc) is 3.05. The van der Waals surface area contributed by atoms with Crippen molar-refractivity contribution < 1.29 is 19.1 Å². The number of hydrogen-bond acceptors (Lipinski definition) is 7. The van der Waals surface area contributed by atoms with Gasteiger partial charge in [-0.3, -0.25) is 4.79 Å². The van der Waals surface area contributed by atoms with Gasteiger partial charge in [0.2, 0.25) is 0 Å². The number of hydrogen-bond donors (Lipinski definition) is 0. The molecule has 2 rings (SSSR count). The second kappa shape index (κ2) is 9.22. The van der Waals surface area contributed by atoms with E-state index in [1.807, 2.05) is 19.9 Å². The Bertz CT molecular complexity index is 806. The highest BCUT2D eigenvalue weighted by Crippen LogP contribution is 2.21. The lowest BCUT2D eigenvalue weighted by atomic mass is 10.1. The molecule has 0 N–H and O–H groups in total. The number of aryl methyl sites for hydroxylation is 1. The summed E-state index contributed by atoms with van der Waals surface area (Å²) in [6, 6.07) is 8.71. The van der Waals surface area contributed by atoms with E-state index in [4.69, 9.17) is 9.47 Å². The minimum atomic E-state index is -1.02. The number of nitrogens with zero attached hydrogens (tertiary/aromatic N) is 2. The van der Waals surface area contributed by atoms with Crippen molar-refractivity contribution >= 4 is 23.1 Å². The molecule has 0 unspecified atom stereocenters. The van der Waals surface area contributed by atoms with Crippen molar-refractivity contribution in [3.63, 3.8) is 0 Å². The zero-order valence-corrected chi connectivity index (χ0v) is 15.7. The molecule has 136 valence electrons. The van der Waals surface area contributed by atoms with Crippen LogP contribution < -0.4 is 0 Å². The smallest absolute Gasteiger partial charge is 0.338 e. The second-order valence-corrected chi connectivity index (χ2v) is 6.88. The largest absolute Gasteiger partial charge is 0.454 e. The first kappa shape index (κ1) is 19.8. The third kappa shape index (κ3) is 5.48. The lowest BCUT2D eigenvalue weighted by Gasteiger charge is -2.09. The van der Waals surface area contributed by atoms with Crippen molar-refractivity contribution in [2.24, 2.45) is 0 Å². The molecule has 0 spiro atoms. The first-order chi connectivity index (χ1) is 12.4. The van der Waals surface area contributed by atoms with Crippen LogP contribution in [0.4, 0.5) is 0 Å². The van der Waals surface area contributed by atoms with Crippen molar-refractivity contribution in [2.75, 3.05) is 6.61 Å². The second-order valence-electron chi connectivity index (χ2n) is 5.99. The maximum Gasteiger partial charge on any atom is 0.338 e. The molecule has 0 saturated carbocycles. The molecule has 0 fully saturated rings. The van der Waals surface area contributed by atoms with Gasteiger partial charge in [-0.25, -0.2) is 9.78 Å². The van der Waals surface area contributed by atoms with Crippen molar-refractivity contribution in [1.29, 1.82) is 5.26 Å². The Kier molecular flexibility index (Phi) is 7.01. The Balaban J connectivity index is 1.91. The van der Waals surface area contributed by atoms with E-state index in [1.165, 1.54) is 11.3 Å². The van der Waals surface area contributed by atoms with E-state index in [0.717, 1.165) is 11.3 Å². The summed E-state index contributed by atoms with van der Waals surface area (Å²) in [4.78, 5) is 28.4. The maximum absolute atomic E-state index is 12.2. The molecular weight excluding hydrogens is 352 g/mol. The van der Waals surface area contributed by atoms with Gasteiger partial charge in [-0.05, 0) is 38.5 Å². The minimum absolute atomic E-state index is 0.125. The lowest BCUT2D eigenvalue weighted by Crippen LogP contribution is -2.20. The van der Waals surface area contributed by atoms with Gasteiger partial charge in [-0.1, -0.05) is 12.1 Å². The fourth-order valence-corrected chi connectivity index (χ4v) is 2.93. The zero-order valence-electron chi connectivity index (χ0n) is 14.9. The number of carbonyl (C=O) groups excluding carboxylic acids is 2. The standard InChI is InChI=1S/C19H20N2O4S/c1-12(2)24-9-14-4-6-15(7-5-14)19(23)25-10-17(22)16(8-20)18-21-13(3)11-26-18/h4-7,11-12,16H,9-10H2,1-3H3/t16-/m1/s1. The van der Waals surface area contributed by atoms with Gasteiger partial charge in [0.25, 0.3) is 0 Å². The van der Waals surface area contributed by atoms with Gasteiger partial charge < -0.3 is 9.47 Å². The molecule has 1 heterocycles. The molecule has 7 heteroatoms. The van der Waals surface area contributed by atoms with Crippen molar-refractivity contribution in [2.45, 2.75) is 39.4 Å². The predicted octanol–water partition coefficient (Wildman–Crippen LogP) is 3.41. The third-order valence-electron chi connectivity index (χ3n) is 3.45. The van der Waals surface area contributed by atoms with Gasteiger partial charge in [0.05, 0.1) is 24.3 Å². The van der Waals surface area contributed by atoms with Gasteiger partial charge >= 0.3 is 5.97 Å². The molecule has 1 atom stereocenters. The van der Waals surface area contributed by atoms with Crippen LogP contribution in [-0.4, -0.2) is 29.4 Å². The monoisotopic (exact) mass is 372 g/mol. The minimum Gasteiger partial charge on any atom is -0.454 e. The molecule has 1 aromatic carbocycles. The van der Waals surface area contributed by atoms with Crippen LogP contribution in [0.3, 0.4) is 0 Å². The predicted molar refractivity (Wildman–Crippen MR) is 96.9 cm³/mol. The van der Waals surface area contributed by atoms with E-state index in [-0.39, 0.29) is 6.10 Å². The molecule has 1 aromatic heterocycles. The number of aromatic nitrogens is 1. The summed E-state index contributed by atoms with van der Waals surface area (Å²) in [5.74, 6) is -2.11. The topological polar surface area (TPSA) is 89.3 Å². The number of Topliss-reactive ketones (excluding diaryl/α,β-unsaturated/α-hetero) is 1. The number of nitriles is 1. The fourth-order valence-electron chi connectivity index (χ4n) is 2.07. The van der Waals surface area contributed by atoms with Gasteiger partial charge in [-0.2, -0.15) is 5.26 Å². The number of carbonyl (C=O) groups is 2. The number of benzene rings is 1. The van der Waals surface area contributed by atoms with E-state index >= 15 is 0 Å². The number of esters is 1. The molecule has 6 nitrogen and oxygen atoms in total. The summed E-state index contributed by atoms with van der Waals surface area (Å²) < 4.78 is 10.5. The molecule has 0 radical (unpaired) electrons. The lowest BCUT2D eigenvalue weighted by molar-refractivity contribution is -0.122. The van der Waals surface area contributed by atoms with E-state index in [0.29, 0.717) is 17.2 Å². The van der Waals surface area contributed by atoms with Gasteiger partial charge in [0, 0.05) is 11.1 Å². The van der Waals surface area contributed by atoms with Crippen LogP contribution >= 0.6 is 11.3 Å². The summed E-state index contributed by atoms with van der Waals surface area (Å²) in [5, 5.41) is 11.4. The highest BCUT2D eigenvalue weighted by molar-refractivity contribution is 7.09. The first-order valence-electron chi connectivity index (χ1n) is 8.12. The Morgan fingerprint density at radius 1 is 1.27 bits per heavy atom. The SMILES string of the molecule is Cc1csc([C@H](C#N)C(=O)COC(=O)c2ccc(COC(C)C)cc2)n1. The molecule has 2 aromatic rings. The Morgan fingerprint density at radius 2 is 1.96 bits per heavy atom. The van der Waals surface area contributed by atoms with Gasteiger partial charge in [-0.15, -0.1) is 11.3 Å².